The van der Waals surface area contributed by atoms with E-state index in [1.165, 1.54) is 27.5 Å². The summed E-state index contributed by atoms with van der Waals surface area (Å²) in [4.78, 5) is 2.54. The Kier molecular flexibility index (Phi) is 4.55. The van der Waals surface area contributed by atoms with Gasteiger partial charge in [0.15, 0.2) is 0 Å². The fourth-order valence-electron chi connectivity index (χ4n) is 2.49. The molecule has 0 aliphatic heterocycles. The van der Waals surface area contributed by atoms with E-state index in [9.17, 15) is 8.78 Å². The van der Waals surface area contributed by atoms with Crippen molar-refractivity contribution in [2.75, 3.05) is 0 Å². The Morgan fingerprint density at radius 3 is 2.20 bits per heavy atom. The number of hydrogen-bond acceptors (Lipinski definition) is 2. The normalized spacial score (nSPS) is 14.3. The highest BCUT2D eigenvalue weighted by molar-refractivity contribution is 7.12. The van der Waals surface area contributed by atoms with Gasteiger partial charge in [0, 0.05) is 33.5 Å². The zero-order valence-corrected chi connectivity index (χ0v) is 12.9. The summed E-state index contributed by atoms with van der Waals surface area (Å²) >= 11 is 1.76. The number of halogens is 2. The molecule has 0 saturated carbocycles. The summed E-state index contributed by atoms with van der Waals surface area (Å²) in [7, 11) is 0. The van der Waals surface area contributed by atoms with Crippen LogP contribution in [-0.4, -0.2) is 0 Å². The number of aryl methyl sites for hydroxylation is 2. The minimum absolute atomic E-state index is 0.124. The highest BCUT2D eigenvalue weighted by atomic mass is 32.1. The molecular weight excluding hydrogens is 276 g/mol. The Morgan fingerprint density at radius 2 is 1.65 bits per heavy atom. The quantitative estimate of drug-likeness (QED) is 0.831. The molecule has 20 heavy (non-hydrogen) atoms. The maximum Gasteiger partial charge on any atom is 0.130 e. The van der Waals surface area contributed by atoms with Gasteiger partial charge in [-0.25, -0.2) is 8.78 Å². The minimum Gasteiger partial charge on any atom is -0.304 e. The molecule has 0 radical (unpaired) electrons. The summed E-state index contributed by atoms with van der Waals surface area (Å²) in [6, 6.07) is 5.83. The van der Waals surface area contributed by atoms with Gasteiger partial charge in [0.1, 0.15) is 11.6 Å². The van der Waals surface area contributed by atoms with Gasteiger partial charge in [-0.15, -0.1) is 11.3 Å². The Labute approximate surface area is 122 Å². The van der Waals surface area contributed by atoms with Gasteiger partial charge in [0.25, 0.3) is 0 Å². The Balaban J connectivity index is 2.14. The van der Waals surface area contributed by atoms with Crippen LogP contribution in [0.25, 0.3) is 0 Å². The average molecular weight is 295 g/mol. The average Bonchev–Trinajstić information content (AvgIpc) is 2.68. The van der Waals surface area contributed by atoms with Gasteiger partial charge < -0.3 is 5.32 Å². The smallest absolute Gasteiger partial charge is 0.130 e. The predicted molar refractivity (Wildman–Crippen MR) is 80.1 cm³/mol. The van der Waals surface area contributed by atoms with E-state index in [1.807, 2.05) is 6.92 Å². The van der Waals surface area contributed by atoms with E-state index in [0.29, 0.717) is 5.56 Å². The van der Waals surface area contributed by atoms with Gasteiger partial charge in [0.05, 0.1) is 0 Å². The van der Waals surface area contributed by atoms with Crippen LogP contribution in [0.15, 0.2) is 24.3 Å². The Morgan fingerprint density at radius 1 is 1.00 bits per heavy atom. The molecule has 0 fully saturated rings. The highest BCUT2D eigenvalue weighted by Crippen LogP contribution is 2.28. The lowest BCUT2D eigenvalue weighted by atomic mass is 10.0. The number of thiophene rings is 1. The van der Waals surface area contributed by atoms with Gasteiger partial charge in [-0.05, 0) is 45.4 Å². The van der Waals surface area contributed by atoms with E-state index in [1.54, 1.807) is 11.3 Å². The van der Waals surface area contributed by atoms with Gasteiger partial charge >= 0.3 is 0 Å². The van der Waals surface area contributed by atoms with Crippen LogP contribution in [-0.2, 0) is 0 Å². The first kappa shape index (κ1) is 15.1. The number of rotatable bonds is 4. The molecule has 1 aromatic carbocycles. The maximum atomic E-state index is 13.8. The molecule has 2 atom stereocenters. The molecule has 1 nitrogen and oxygen atoms in total. The summed E-state index contributed by atoms with van der Waals surface area (Å²) in [6.45, 7) is 8.12. The van der Waals surface area contributed by atoms with Crippen LogP contribution >= 0.6 is 11.3 Å². The van der Waals surface area contributed by atoms with E-state index in [0.717, 1.165) is 6.07 Å². The molecule has 2 aromatic rings. The molecule has 0 spiro atoms. The number of hydrogen-bond donors (Lipinski definition) is 1. The van der Waals surface area contributed by atoms with E-state index < -0.39 is 11.6 Å². The monoisotopic (exact) mass is 295 g/mol. The molecule has 0 saturated heterocycles. The first-order chi connectivity index (χ1) is 9.38. The molecule has 2 rings (SSSR count). The van der Waals surface area contributed by atoms with Crippen LogP contribution in [0.4, 0.5) is 8.78 Å². The Bertz CT molecular complexity index is 607. The fourth-order valence-corrected chi connectivity index (χ4v) is 3.51. The van der Waals surface area contributed by atoms with Crippen molar-refractivity contribution in [1.82, 2.24) is 5.32 Å². The summed E-state index contributed by atoms with van der Waals surface area (Å²) in [5.74, 6) is -1.05. The number of benzene rings is 1. The molecular formula is C16H19F2NS. The van der Waals surface area contributed by atoms with Crippen molar-refractivity contribution < 1.29 is 8.78 Å². The second-order valence-corrected chi connectivity index (χ2v) is 6.60. The van der Waals surface area contributed by atoms with Crippen LogP contribution in [0.3, 0.4) is 0 Å². The van der Waals surface area contributed by atoms with Crippen molar-refractivity contribution in [2.45, 2.75) is 39.8 Å². The van der Waals surface area contributed by atoms with Crippen LogP contribution in [0.5, 0.6) is 0 Å². The van der Waals surface area contributed by atoms with Crippen molar-refractivity contribution in [2.24, 2.45) is 0 Å². The molecule has 108 valence electrons. The van der Waals surface area contributed by atoms with Gasteiger partial charge in [0.2, 0.25) is 0 Å². The summed E-state index contributed by atoms with van der Waals surface area (Å²) < 4.78 is 26.7. The summed E-state index contributed by atoms with van der Waals surface area (Å²) in [5.41, 5.74) is 1.73. The maximum absolute atomic E-state index is 13.8. The molecule has 4 heteroatoms. The topological polar surface area (TPSA) is 12.0 Å². The van der Waals surface area contributed by atoms with Gasteiger partial charge in [-0.2, -0.15) is 0 Å². The summed E-state index contributed by atoms with van der Waals surface area (Å²) in [6.07, 6.45) is 0. The summed E-state index contributed by atoms with van der Waals surface area (Å²) in [5, 5.41) is 3.37. The lowest BCUT2D eigenvalue weighted by Gasteiger charge is -2.21. The standard InChI is InChI=1S/C16H19F2NS/c1-9-7-15(12(4)20-9)11(3)19-10(2)14-6-5-13(17)8-16(14)18/h5-8,10-11,19H,1-4H3. The van der Waals surface area contributed by atoms with Crippen LogP contribution in [0.1, 0.15) is 46.8 Å². The van der Waals surface area contributed by atoms with Gasteiger partial charge in [-0.3, -0.25) is 0 Å². The zero-order valence-electron chi connectivity index (χ0n) is 12.1. The molecule has 0 aliphatic rings. The fraction of sp³-hybridized carbons (Fsp3) is 0.375. The van der Waals surface area contributed by atoms with Crippen LogP contribution in [0.2, 0.25) is 0 Å². The lowest BCUT2D eigenvalue weighted by molar-refractivity contribution is 0.470. The van der Waals surface area contributed by atoms with E-state index in [-0.39, 0.29) is 12.1 Å². The number of nitrogens with one attached hydrogen (secondary N) is 1. The largest absolute Gasteiger partial charge is 0.304 e. The molecule has 0 bridgehead atoms. The molecule has 1 N–H and O–H groups in total. The molecule has 0 aliphatic carbocycles. The second kappa shape index (κ2) is 6.02. The van der Waals surface area contributed by atoms with E-state index in [2.05, 4.69) is 32.2 Å². The van der Waals surface area contributed by atoms with E-state index in [4.69, 9.17) is 0 Å². The molecule has 0 amide bonds. The zero-order chi connectivity index (χ0) is 14.9. The van der Waals surface area contributed by atoms with Crippen molar-refractivity contribution in [3.05, 3.63) is 56.8 Å². The predicted octanol–water partition coefficient (Wildman–Crippen LogP) is 5.05. The SMILES string of the molecule is Cc1cc(C(C)NC(C)c2ccc(F)cc2F)c(C)s1. The van der Waals surface area contributed by atoms with E-state index >= 15 is 0 Å². The first-order valence-corrected chi connectivity index (χ1v) is 7.48. The molecule has 2 unspecified atom stereocenters. The van der Waals surface area contributed by atoms with Crippen molar-refractivity contribution in [1.29, 1.82) is 0 Å². The molecule has 1 aromatic heterocycles. The van der Waals surface area contributed by atoms with Gasteiger partial charge in [-0.1, -0.05) is 6.07 Å². The third-order valence-corrected chi connectivity index (χ3v) is 4.46. The minimum atomic E-state index is -0.546. The third-order valence-electron chi connectivity index (χ3n) is 3.47. The highest BCUT2D eigenvalue weighted by Gasteiger charge is 2.17. The lowest BCUT2D eigenvalue weighted by Crippen LogP contribution is -2.23. The van der Waals surface area contributed by atoms with Crippen LogP contribution in [0, 0.1) is 25.5 Å². The third kappa shape index (κ3) is 3.25. The van der Waals surface area contributed by atoms with Crippen molar-refractivity contribution in [3.63, 3.8) is 0 Å². The van der Waals surface area contributed by atoms with Crippen LogP contribution < -0.4 is 5.32 Å². The molecule has 1 heterocycles. The van der Waals surface area contributed by atoms with Crippen molar-refractivity contribution in [3.8, 4) is 0 Å². The van der Waals surface area contributed by atoms with Crippen molar-refractivity contribution >= 4 is 11.3 Å². The first-order valence-electron chi connectivity index (χ1n) is 6.66. The Hall–Kier alpha value is -1.26. The second-order valence-electron chi connectivity index (χ2n) is 5.14.